The van der Waals surface area contributed by atoms with Crippen LogP contribution in [0.4, 0.5) is 0 Å². The number of methoxy groups -OCH3 is 1. The van der Waals surface area contributed by atoms with Crippen molar-refractivity contribution in [3.05, 3.63) is 71.1 Å². The summed E-state index contributed by atoms with van der Waals surface area (Å²) >= 11 is 6.24. The molecule has 2 aromatic rings. The minimum Gasteiger partial charge on any atom is -0.497 e. The highest BCUT2D eigenvalue weighted by molar-refractivity contribution is 6.31. The molecule has 0 aliphatic carbocycles. The second-order valence-corrected chi connectivity index (χ2v) is 8.87. The van der Waals surface area contributed by atoms with Crippen molar-refractivity contribution >= 4 is 17.5 Å². The van der Waals surface area contributed by atoms with Crippen LogP contribution in [0.1, 0.15) is 36.8 Å². The van der Waals surface area contributed by atoms with Crippen LogP contribution < -0.4 is 4.74 Å². The van der Waals surface area contributed by atoms with Crippen molar-refractivity contribution in [1.82, 2.24) is 9.80 Å². The third kappa shape index (κ3) is 4.65. The molecule has 0 aromatic heterocycles. The number of carbonyl (C=O) groups is 1. The van der Waals surface area contributed by atoms with Crippen LogP contribution in [0, 0.1) is 11.8 Å². The van der Waals surface area contributed by atoms with Gasteiger partial charge in [-0.05, 0) is 81.1 Å². The largest absolute Gasteiger partial charge is 0.497 e. The maximum atomic E-state index is 13.2. The molecule has 5 heteroatoms. The Labute approximate surface area is 184 Å². The van der Waals surface area contributed by atoms with E-state index in [0.717, 1.165) is 73.8 Å². The van der Waals surface area contributed by atoms with Crippen molar-refractivity contribution < 1.29 is 9.53 Å². The third-order valence-electron chi connectivity index (χ3n) is 6.66. The van der Waals surface area contributed by atoms with E-state index >= 15 is 0 Å². The highest BCUT2D eigenvalue weighted by Gasteiger charge is 2.47. The lowest BCUT2D eigenvalue weighted by molar-refractivity contribution is -0.138. The standard InChI is InChI=1S/C25H30ClN2O2/c1-30-22-10-8-20(9-11-22)19-28-18-14-25(24(28)29)12-16-27(17-13-25)15-4-6-21-5-2-3-7-23(21)26/h2-3,5-11H,4,12-19H2,1H3. The average molecular weight is 426 g/mol. The van der Waals surface area contributed by atoms with Crippen molar-refractivity contribution in [2.75, 3.05) is 33.3 Å². The molecule has 4 nitrogen and oxygen atoms in total. The Kier molecular flexibility index (Phi) is 6.64. The van der Waals surface area contributed by atoms with Crippen LogP contribution in [0.3, 0.4) is 0 Å². The molecule has 1 radical (unpaired) electrons. The van der Waals surface area contributed by atoms with E-state index in [1.807, 2.05) is 35.2 Å². The van der Waals surface area contributed by atoms with Crippen LogP contribution in [0.15, 0.2) is 48.5 Å². The molecular formula is C25H30ClN2O2. The lowest BCUT2D eigenvalue weighted by Crippen LogP contribution is -2.44. The van der Waals surface area contributed by atoms with Gasteiger partial charge in [-0.1, -0.05) is 41.9 Å². The number of halogens is 1. The van der Waals surface area contributed by atoms with Crippen LogP contribution in [0.5, 0.6) is 5.75 Å². The minimum atomic E-state index is -0.143. The van der Waals surface area contributed by atoms with Crippen LogP contribution >= 0.6 is 11.6 Å². The fourth-order valence-electron chi connectivity index (χ4n) is 4.71. The number of likely N-dealkylation sites (tertiary alicyclic amines) is 2. The molecule has 0 unspecified atom stereocenters. The zero-order chi connectivity index (χ0) is 21.0. The van der Waals surface area contributed by atoms with Gasteiger partial charge >= 0.3 is 0 Å². The lowest BCUT2D eigenvalue weighted by Gasteiger charge is -2.38. The zero-order valence-corrected chi connectivity index (χ0v) is 18.4. The highest BCUT2D eigenvalue weighted by atomic mass is 35.5. The molecule has 2 aliphatic rings. The molecule has 0 saturated carbocycles. The van der Waals surface area contributed by atoms with Crippen molar-refractivity contribution in [3.63, 3.8) is 0 Å². The number of ether oxygens (including phenoxy) is 1. The van der Waals surface area contributed by atoms with E-state index in [4.69, 9.17) is 16.3 Å². The second-order valence-electron chi connectivity index (χ2n) is 8.46. The number of piperidine rings is 1. The van der Waals surface area contributed by atoms with Gasteiger partial charge in [0.15, 0.2) is 0 Å². The predicted molar refractivity (Wildman–Crippen MR) is 121 cm³/mol. The maximum Gasteiger partial charge on any atom is 0.229 e. The molecule has 4 rings (SSSR count). The van der Waals surface area contributed by atoms with Gasteiger partial charge in [0, 0.05) is 18.1 Å². The van der Waals surface area contributed by atoms with E-state index < -0.39 is 0 Å². The molecule has 2 saturated heterocycles. The summed E-state index contributed by atoms with van der Waals surface area (Å²) in [4.78, 5) is 17.7. The fraction of sp³-hybridized carbons (Fsp3) is 0.440. The number of amides is 1. The number of benzene rings is 2. The average Bonchev–Trinajstić information content (AvgIpc) is 3.07. The van der Waals surface area contributed by atoms with Gasteiger partial charge in [-0.2, -0.15) is 0 Å². The molecule has 2 aliphatic heterocycles. The molecule has 2 fully saturated rings. The molecule has 30 heavy (non-hydrogen) atoms. The summed E-state index contributed by atoms with van der Waals surface area (Å²) in [6.07, 6.45) is 6.12. The van der Waals surface area contributed by atoms with Gasteiger partial charge in [-0.15, -0.1) is 0 Å². The van der Waals surface area contributed by atoms with Gasteiger partial charge < -0.3 is 14.5 Å². The van der Waals surface area contributed by atoms with Gasteiger partial charge in [0.2, 0.25) is 5.91 Å². The summed E-state index contributed by atoms with van der Waals surface area (Å²) in [5.74, 6) is 1.20. The monoisotopic (exact) mass is 425 g/mol. The zero-order valence-electron chi connectivity index (χ0n) is 17.6. The molecule has 1 spiro atoms. The van der Waals surface area contributed by atoms with Gasteiger partial charge in [0.1, 0.15) is 5.75 Å². The van der Waals surface area contributed by atoms with E-state index in [2.05, 4.69) is 29.5 Å². The Morgan fingerprint density at radius 2 is 1.73 bits per heavy atom. The smallest absolute Gasteiger partial charge is 0.229 e. The number of hydrogen-bond acceptors (Lipinski definition) is 3. The summed E-state index contributed by atoms with van der Waals surface area (Å²) in [5.41, 5.74) is 2.12. The molecule has 0 atom stereocenters. The topological polar surface area (TPSA) is 32.8 Å². The summed E-state index contributed by atoms with van der Waals surface area (Å²) in [6, 6.07) is 16.0. The second kappa shape index (κ2) is 9.40. The Hall–Kier alpha value is -2.04. The quantitative estimate of drug-likeness (QED) is 0.638. The first-order valence-electron chi connectivity index (χ1n) is 10.8. The maximum absolute atomic E-state index is 13.2. The number of hydrogen-bond donors (Lipinski definition) is 0. The SMILES string of the molecule is COc1ccc(CN2CCC3(CCN(CC[CH]c4ccccc4Cl)CC3)C2=O)cc1. The molecule has 0 bridgehead atoms. The molecule has 2 heterocycles. The number of carbonyl (C=O) groups excluding carboxylic acids is 1. The van der Waals surface area contributed by atoms with Gasteiger partial charge in [-0.25, -0.2) is 0 Å². The molecule has 159 valence electrons. The fourth-order valence-corrected chi connectivity index (χ4v) is 4.92. The van der Waals surface area contributed by atoms with E-state index in [1.165, 1.54) is 0 Å². The first-order chi connectivity index (χ1) is 14.6. The Bertz CT molecular complexity index is 860. The summed E-state index contributed by atoms with van der Waals surface area (Å²) in [7, 11) is 1.67. The molecule has 2 aromatic carbocycles. The van der Waals surface area contributed by atoms with Crippen LogP contribution in [-0.2, 0) is 11.3 Å². The van der Waals surface area contributed by atoms with Gasteiger partial charge in [0.25, 0.3) is 0 Å². The van der Waals surface area contributed by atoms with Crippen molar-refractivity contribution in [3.8, 4) is 5.75 Å². The summed E-state index contributed by atoms with van der Waals surface area (Å²) in [5, 5.41) is 0.809. The lowest BCUT2D eigenvalue weighted by atomic mass is 9.77. The van der Waals surface area contributed by atoms with Crippen LogP contribution in [0.2, 0.25) is 5.02 Å². The van der Waals surface area contributed by atoms with Crippen molar-refractivity contribution in [2.24, 2.45) is 5.41 Å². The van der Waals surface area contributed by atoms with Gasteiger partial charge in [0.05, 0.1) is 12.5 Å². The van der Waals surface area contributed by atoms with E-state index in [-0.39, 0.29) is 5.41 Å². The normalized spacial score (nSPS) is 18.9. The minimum absolute atomic E-state index is 0.143. The first-order valence-corrected chi connectivity index (χ1v) is 11.2. The third-order valence-corrected chi connectivity index (χ3v) is 7.01. The van der Waals surface area contributed by atoms with Crippen LogP contribution in [0.25, 0.3) is 0 Å². The van der Waals surface area contributed by atoms with Crippen molar-refractivity contribution in [1.29, 1.82) is 0 Å². The van der Waals surface area contributed by atoms with Crippen LogP contribution in [-0.4, -0.2) is 49.0 Å². The summed E-state index contributed by atoms with van der Waals surface area (Å²) < 4.78 is 5.23. The molecule has 1 amide bonds. The van der Waals surface area contributed by atoms with E-state index in [0.29, 0.717) is 12.5 Å². The predicted octanol–water partition coefficient (Wildman–Crippen LogP) is 4.81. The summed E-state index contributed by atoms with van der Waals surface area (Å²) in [6.45, 7) is 4.58. The van der Waals surface area contributed by atoms with E-state index in [9.17, 15) is 4.79 Å². The molecule has 0 N–H and O–H groups in total. The highest BCUT2D eigenvalue weighted by Crippen LogP contribution is 2.42. The molecular weight excluding hydrogens is 396 g/mol. The first kappa shape index (κ1) is 21.2. The Morgan fingerprint density at radius 3 is 2.43 bits per heavy atom. The Balaban J connectivity index is 1.25. The van der Waals surface area contributed by atoms with Crippen molar-refractivity contribution in [2.45, 2.75) is 32.2 Å². The number of nitrogens with zero attached hydrogens (tertiary/aromatic N) is 2. The Morgan fingerprint density at radius 1 is 1.03 bits per heavy atom. The van der Waals surface area contributed by atoms with E-state index in [1.54, 1.807) is 7.11 Å². The number of rotatable bonds is 7. The van der Waals surface area contributed by atoms with Gasteiger partial charge in [-0.3, -0.25) is 4.79 Å².